The van der Waals surface area contributed by atoms with Gasteiger partial charge >= 0.3 is 6.09 Å². The lowest BCUT2D eigenvalue weighted by atomic mass is 9.88. The van der Waals surface area contributed by atoms with Crippen molar-refractivity contribution in [2.24, 2.45) is 0 Å². The lowest BCUT2D eigenvalue weighted by molar-refractivity contribution is -0.137. The Morgan fingerprint density at radius 3 is 2.02 bits per heavy atom. The van der Waals surface area contributed by atoms with Crippen LogP contribution in [0, 0.1) is 0 Å². The summed E-state index contributed by atoms with van der Waals surface area (Å²) < 4.78 is 12.9. The Balaban J connectivity index is 0.00000650. The van der Waals surface area contributed by atoms with E-state index in [1.807, 2.05) is 96.8 Å². The minimum absolute atomic E-state index is 0. The fourth-order valence-electron chi connectivity index (χ4n) is 6.08. The largest absolute Gasteiger partial charge is 0.444 e. The van der Waals surface area contributed by atoms with E-state index in [-0.39, 0.29) is 32.4 Å². The first kappa shape index (κ1) is 41.3. The lowest BCUT2D eigenvalue weighted by Gasteiger charge is -2.34. The van der Waals surface area contributed by atoms with Gasteiger partial charge in [0.2, 0.25) is 5.91 Å². The molecule has 1 aliphatic rings. The molecule has 288 valence electrons. The number of likely N-dealkylation sites (tertiary alicyclic amines) is 1. The maximum atomic E-state index is 14.3. The van der Waals surface area contributed by atoms with Crippen LogP contribution in [0.2, 0.25) is 0 Å². The van der Waals surface area contributed by atoms with Gasteiger partial charge in [0.1, 0.15) is 22.7 Å². The highest BCUT2D eigenvalue weighted by Crippen LogP contribution is 2.33. The van der Waals surface area contributed by atoms with Gasteiger partial charge in [-0.05, 0) is 76.6 Å². The van der Waals surface area contributed by atoms with E-state index < -0.39 is 40.6 Å². The number of ether oxygens (including phenoxy) is 2. The molecule has 54 heavy (non-hydrogen) atoms. The summed E-state index contributed by atoms with van der Waals surface area (Å²) in [4.78, 5) is 60.4. The highest BCUT2D eigenvalue weighted by molar-refractivity contribution is 5.99. The number of aromatic nitrogens is 2. The number of hydrogen-bond acceptors (Lipinski definition) is 7. The summed E-state index contributed by atoms with van der Waals surface area (Å²) >= 11 is 0. The van der Waals surface area contributed by atoms with E-state index in [1.54, 1.807) is 31.5 Å². The fraction of sp³-hybridized carbons (Fsp3) is 0.405. The predicted molar refractivity (Wildman–Crippen MR) is 210 cm³/mol. The molecule has 12 heteroatoms. The third-order valence-corrected chi connectivity index (χ3v) is 9.11. The zero-order valence-corrected chi connectivity index (χ0v) is 31.3. The topological polar surface area (TPSA) is 144 Å². The van der Waals surface area contributed by atoms with E-state index >= 15 is 0 Å². The van der Waals surface area contributed by atoms with E-state index in [0.717, 1.165) is 35.1 Å². The van der Waals surface area contributed by atoms with Crippen molar-refractivity contribution in [1.29, 1.82) is 0 Å². The van der Waals surface area contributed by atoms with E-state index in [0.29, 0.717) is 13.1 Å². The van der Waals surface area contributed by atoms with Crippen LogP contribution in [0.3, 0.4) is 0 Å². The predicted octanol–water partition coefficient (Wildman–Crippen LogP) is 6.52. The van der Waals surface area contributed by atoms with Gasteiger partial charge in [0.15, 0.2) is 5.82 Å². The van der Waals surface area contributed by atoms with Gasteiger partial charge in [0, 0.05) is 19.3 Å². The fourth-order valence-corrected chi connectivity index (χ4v) is 6.08. The van der Waals surface area contributed by atoms with Crippen molar-refractivity contribution >= 4 is 29.6 Å². The van der Waals surface area contributed by atoms with Gasteiger partial charge in [-0.15, -0.1) is 0 Å². The van der Waals surface area contributed by atoms with Gasteiger partial charge in [-0.2, -0.15) is 0 Å². The van der Waals surface area contributed by atoms with Gasteiger partial charge in [0.05, 0.1) is 19.5 Å². The van der Waals surface area contributed by atoms with Crippen LogP contribution in [0.5, 0.6) is 0 Å². The molecule has 3 N–H and O–H groups in total. The first-order valence-electron chi connectivity index (χ1n) is 17.9. The monoisotopic (exact) mass is 738 g/mol. The maximum Gasteiger partial charge on any atom is 0.408 e. The second-order valence-corrected chi connectivity index (χ2v) is 14.9. The highest BCUT2D eigenvalue weighted by atomic mass is 16.6. The number of imidazole rings is 1. The summed E-state index contributed by atoms with van der Waals surface area (Å²) in [6, 6.07) is 26.2. The molecule has 4 amide bonds. The number of rotatable bonds is 13. The number of anilines is 1. The van der Waals surface area contributed by atoms with Gasteiger partial charge < -0.3 is 34.9 Å². The normalized spacial score (nSPS) is 14.6. The average Bonchev–Trinajstić information content (AvgIpc) is 3.84. The van der Waals surface area contributed by atoms with Crippen LogP contribution in [0.25, 0.3) is 11.1 Å². The number of alkyl carbamates (subject to hydrolysis) is 1. The molecule has 12 nitrogen and oxygen atoms in total. The lowest BCUT2D eigenvalue weighted by Crippen LogP contribution is -2.59. The molecule has 0 aliphatic carbocycles. The van der Waals surface area contributed by atoms with Crippen molar-refractivity contribution in [2.75, 3.05) is 25.0 Å². The Morgan fingerprint density at radius 2 is 1.41 bits per heavy atom. The van der Waals surface area contributed by atoms with Crippen LogP contribution in [-0.2, 0) is 36.0 Å². The Morgan fingerprint density at radius 1 is 0.815 bits per heavy atom. The first-order valence-corrected chi connectivity index (χ1v) is 17.9. The molecule has 1 fully saturated rings. The van der Waals surface area contributed by atoms with Gasteiger partial charge in [-0.3, -0.25) is 14.4 Å². The third-order valence-electron chi connectivity index (χ3n) is 9.11. The molecule has 1 unspecified atom stereocenters. The Kier molecular flexibility index (Phi) is 13.4. The molecule has 3 aromatic carbocycles. The molecular formula is C42H54N6O6. The van der Waals surface area contributed by atoms with Crippen LogP contribution in [0.1, 0.15) is 72.9 Å². The summed E-state index contributed by atoms with van der Waals surface area (Å²) in [7, 11) is 0. The zero-order chi connectivity index (χ0) is 38.2. The Hall–Kier alpha value is -5.49. The molecule has 0 radical (unpaired) electrons. The summed E-state index contributed by atoms with van der Waals surface area (Å²) in [6.07, 6.45) is 4.25. The van der Waals surface area contributed by atoms with Crippen molar-refractivity contribution in [3.05, 3.63) is 109 Å². The van der Waals surface area contributed by atoms with Crippen LogP contribution in [0.4, 0.5) is 10.6 Å². The van der Waals surface area contributed by atoms with Crippen molar-refractivity contribution in [1.82, 2.24) is 25.1 Å². The molecule has 1 aromatic heterocycles. The molecule has 0 saturated carbocycles. The van der Waals surface area contributed by atoms with Gasteiger partial charge in [-0.1, -0.05) is 92.4 Å². The van der Waals surface area contributed by atoms with Crippen molar-refractivity contribution in [3.63, 3.8) is 0 Å². The van der Waals surface area contributed by atoms with Crippen LogP contribution < -0.4 is 16.0 Å². The molecule has 2 heterocycles. The molecule has 0 bridgehead atoms. The Bertz CT molecular complexity index is 1860. The van der Waals surface area contributed by atoms with Crippen molar-refractivity contribution in [3.8, 4) is 11.1 Å². The van der Waals surface area contributed by atoms with Crippen LogP contribution in [0.15, 0.2) is 97.5 Å². The van der Waals surface area contributed by atoms with Gasteiger partial charge in [-0.25, -0.2) is 9.78 Å². The second-order valence-electron chi connectivity index (χ2n) is 14.9. The molecule has 1 aliphatic heterocycles. The third kappa shape index (κ3) is 10.3. The summed E-state index contributed by atoms with van der Waals surface area (Å²) in [6.45, 7) is 11.4. The zero-order valence-electron chi connectivity index (χ0n) is 31.3. The van der Waals surface area contributed by atoms with Crippen LogP contribution >= 0.6 is 0 Å². The molecular weight excluding hydrogens is 684 g/mol. The summed E-state index contributed by atoms with van der Waals surface area (Å²) in [5.74, 6) is -1.11. The molecule has 1 saturated heterocycles. The first-order chi connectivity index (χ1) is 25.2. The number of carbonyl (C=O) groups is 4. The quantitative estimate of drug-likeness (QED) is 0.142. The number of nitrogens with zero attached hydrogens (tertiary/aromatic N) is 3. The van der Waals surface area contributed by atoms with Crippen LogP contribution in [-0.4, -0.2) is 75.1 Å². The number of hydrogen-bond donors (Lipinski definition) is 3. The number of nitrogens with one attached hydrogen (secondary N) is 3. The minimum atomic E-state index is -1.43. The smallest absolute Gasteiger partial charge is 0.408 e. The standard InChI is InChI=1S/C41H50N6O6.CH4/c1-39(2,3)53-38(51)45-40(4,5)36(49)43-33(27-52-26-29-15-9-7-10-16-29)35(48)44-34-25-47(28-42-34)41(6,37(50)46-23-13-14-24-46)32-21-19-31(20-22-32)30-17-11-8-12-18-30;/h7-12,15-22,25,28,33H,13-14,23-24,26-27H2,1-6H3,(H,43,49)(H,44,48)(H,45,51);1H4/t33-,41?;/m1./s1. The molecule has 0 spiro atoms. The highest BCUT2D eigenvalue weighted by Gasteiger charge is 2.41. The van der Waals surface area contributed by atoms with Crippen molar-refractivity contribution in [2.45, 2.75) is 91.1 Å². The average molecular weight is 739 g/mol. The Labute approximate surface area is 318 Å². The van der Waals surface area contributed by atoms with E-state index in [1.165, 1.54) is 20.2 Å². The molecule has 5 rings (SSSR count). The van der Waals surface area contributed by atoms with Crippen molar-refractivity contribution < 1.29 is 28.7 Å². The van der Waals surface area contributed by atoms with Gasteiger partial charge in [0.25, 0.3) is 11.8 Å². The maximum absolute atomic E-state index is 14.3. The van der Waals surface area contributed by atoms with E-state index in [2.05, 4.69) is 20.9 Å². The number of benzene rings is 3. The molecule has 4 aromatic rings. The van der Waals surface area contributed by atoms with E-state index in [4.69, 9.17) is 9.47 Å². The number of carbonyl (C=O) groups excluding carboxylic acids is 4. The number of amides is 4. The van der Waals surface area contributed by atoms with E-state index in [9.17, 15) is 19.2 Å². The molecule has 2 atom stereocenters. The SMILES string of the molecule is C.CC(C)(C)OC(=O)NC(C)(C)C(=O)N[C@H](COCc1ccccc1)C(=O)Nc1cn(C(C)(C(=O)N2CCCC2)c2ccc(-c3ccccc3)cc2)cn1. The summed E-state index contributed by atoms with van der Waals surface area (Å²) in [5, 5.41) is 8.10. The summed E-state index contributed by atoms with van der Waals surface area (Å²) in [5.41, 5.74) is 0.378. The second kappa shape index (κ2) is 17.6. The minimum Gasteiger partial charge on any atom is -0.444 e.